The summed E-state index contributed by atoms with van der Waals surface area (Å²) in [7, 11) is 3.22. The van der Waals surface area contributed by atoms with Crippen LogP contribution < -0.4 is 10.7 Å². The van der Waals surface area contributed by atoms with Crippen LogP contribution in [-0.4, -0.2) is 105 Å². The number of hydrogen-bond acceptors (Lipinski definition) is 10. The molecule has 4 aromatic rings. The topological polar surface area (TPSA) is 177 Å². The molecule has 0 radical (unpaired) electrons. The van der Waals surface area contributed by atoms with Crippen molar-refractivity contribution in [3.05, 3.63) is 53.6 Å². The van der Waals surface area contributed by atoms with Gasteiger partial charge in [0.15, 0.2) is 5.82 Å². The van der Waals surface area contributed by atoms with Crippen LogP contribution in [0.5, 0.6) is 0 Å². The van der Waals surface area contributed by atoms with E-state index in [-0.39, 0.29) is 31.0 Å². The van der Waals surface area contributed by atoms with Gasteiger partial charge in [-0.25, -0.2) is 10.4 Å². The molecule has 1 fully saturated rings. The Bertz CT molecular complexity index is 1970. The first-order valence-electron chi connectivity index (χ1n) is 19.0. The van der Waals surface area contributed by atoms with Gasteiger partial charge in [0.2, 0.25) is 12.3 Å². The largest absolute Gasteiger partial charge is 0.467 e. The molecular formula is C40H55N9O6. The first-order valence-corrected chi connectivity index (χ1v) is 19.0. The number of aromatic amines is 1. The van der Waals surface area contributed by atoms with Crippen molar-refractivity contribution in [1.82, 2.24) is 45.4 Å². The lowest BCUT2D eigenvalue weighted by Gasteiger charge is -2.33. The Balaban J connectivity index is 1.56. The predicted molar refractivity (Wildman–Crippen MR) is 208 cm³/mol. The van der Waals surface area contributed by atoms with Crippen molar-refractivity contribution in [3.63, 3.8) is 0 Å². The summed E-state index contributed by atoms with van der Waals surface area (Å²) in [6, 6.07) is 8.38. The molecule has 4 heterocycles. The summed E-state index contributed by atoms with van der Waals surface area (Å²) < 4.78 is 13.3. The van der Waals surface area contributed by atoms with Gasteiger partial charge >= 0.3 is 0 Å². The molecule has 0 spiro atoms. The number of amides is 3. The van der Waals surface area contributed by atoms with Gasteiger partial charge in [-0.1, -0.05) is 27.7 Å². The molecule has 0 aliphatic carbocycles. The van der Waals surface area contributed by atoms with Gasteiger partial charge in [0, 0.05) is 73.9 Å². The van der Waals surface area contributed by atoms with E-state index >= 15 is 0 Å². The van der Waals surface area contributed by atoms with Crippen molar-refractivity contribution < 1.29 is 28.7 Å². The number of carbonyl (C=O) groups is 4. The summed E-state index contributed by atoms with van der Waals surface area (Å²) in [5.41, 5.74) is 8.36. The van der Waals surface area contributed by atoms with Crippen LogP contribution in [0.15, 0.2) is 36.5 Å². The van der Waals surface area contributed by atoms with E-state index in [2.05, 4.69) is 64.5 Å². The molecule has 0 saturated carbocycles. The van der Waals surface area contributed by atoms with Gasteiger partial charge in [0.1, 0.15) is 17.9 Å². The highest BCUT2D eigenvalue weighted by Gasteiger charge is 2.34. The zero-order valence-corrected chi connectivity index (χ0v) is 33.2. The average Bonchev–Trinajstić information content (AvgIpc) is 3.77. The van der Waals surface area contributed by atoms with Crippen molar-refractivity contribution in [2.75, 3.05) is 33.9 Å². The number of nitrogens with zero attached hydrogens (tertiary/aromatic N) is 6. The lowest BCUT2D eigenvalue weighted by Crippen LogP contribution is -2.59. The monoisotopic (exact) mass is 757 g/mol. The Morgan fingerprint density at radius 2 is 1.93 bits per heavy atom. The summed E-state index contributed by atoms with van der Waals surface area (Å²) in [4.78, 5) is 61.1. The number of pyridine rings is 1. The number of methoxy groups -OCH3 is 1. The summed E-state index contributed by atoms with van der Waals surface area (Å²) in [5.74, 6) is -0.0485. The van der Waals surface area contributed by atoms with E-state index in [1.807, 2.05) is 32.9 Å². The second kappa shape index (κ2) is 18.0. The number of hydrogen-bond donors (Lipinski definition) is 3. The van der Waals surface area contributed by atoms with Crippen molar-refractivity contribution >= 4 is 35.6 Å². The van der Waals surface area contributed by atoms with Gasteiger partial charge in [-0.05, 0) is 74.9 Å². The third-order valence-corrected chi connectivity index (χ3v) is 10.2. The van der Waals surface area contributed by atoms with Crippen LogP contribution in [0.4, 0.5) is 0 Å². The number of likely N-dealkylation sites (N-methyl/N-ethyl adjacent to an activating group) is 1. The van der Waals surface area contributed by atoms with Crippen LogP contribution >= 0.6 is 0 Å². The normalized spacial score (nSPS) is 15.1. The Kier molecular flexibility index (Phi) is 13.4. The standard InChI is InChI=1S/C40H55N9O6/c1-9-48-32-15-14-27(19-29(32)30(21-40(5,6)22-55-24-51)36(48)28-13-12-16-41-34(28)26(4)54-8)37-44-33(45-46-37)20-31(39(53)49-18-11-10-17-42-49)43-38(52)35(25(2)3)47(7)23-50/h12-16,19,23-26,31,35,42H,9-11,17-18,20-22H2,1-8H3,(H,43,52)(H,44,45,46). The highest BCUT2D eigenvalue weighted by Crippen LogP contribution is 2.41. The number of ether oxygens (including phenoxy) is 2. The maximum atomic E-state index is 13.8. The number of nitrogens with one attached hydrogen (secondary N) is 3. The molecule has 5 rings (SSSR count). The minimum atomic E-state index is -0.964. The fraction of sp³-hybridized carbons (Fsp3) is 0.525. The van der Waals surface area contributed by atoms with Crippen LogP contribution in [0, 0.1) is 11.3 Å². The molecule has 296 valence electrons. The lowest BCUT2D eigenvalue weighted by atomic mass is 9.84. The van der Waals surface area contributed by atoms with Crippen molar-refractivity contribution in [1.29, 1.82) is 0 Å². The molecule has 1 aromatic carbocycles. The average molecular weight is 758 g/mol. The molecule has 15 nitrogen and oxygen atoms in total. The third-order valence-electron chi connectivity index (χ3n) is 10.2. The number of benzene rings is 1. The molecule has 1 aliphatic heterocycles. The van der Waals surface area contributed by atoms with Gasteiger partial charge < -0.3 is 24.3 Å². The second-order valence-electron chi connectivity index (χ2n) is 15.3. The van der Waals surface area contributed by atoms with Gasteiger partial charge in [-0.3, -0.25) is 34.3 Å². The SMILES string of the molecule is CCn1c(-c2cccnc2C(C)OC)c(CC(C)(C)COC=O)c2cc(-c3n[nH]c(CC(NC(=O)C(C(C)C)N(C)C=O)C(=O)N4CCCCN4)n3)ccc21. The Labute approximate surface area is 322 Å². The molecule has 1 saturated heterocycles. The first-order chi connectivity index (χ1) is 26.3. The summed E-state index contributed by atoms with van der Waals surface area (Å²) in [6.07, 6.45) is 4.56. The Hall–Kier alpha value is -5.15. The maximum Gasteiger partial charge on any atom is 0.293 e. The van der Waals surface area contributed by atoms with E-state index < -0.39 is 23.4 Å². The van der Waals surface area contributed by atoms with Crippen LogP contribution in [0.2, 0.25) is 0 Å². The van der Waals surface area contributed by atoms with Gasteiger partial charge in [0.05, 0.1) is 24.1 Å². The van der Waals surface area contributed by atoms with E-state index in [1.165, 1.54) is 4.90 Å². The first kappa shape index (κ1) is 41.0. The number of aryl methyl sites for hydroxylation is 1. The second-order valence-corrected chi connectivity index (χ2v) is 15.3. The highest BCUT2D eigenvalue weighted by molar-refractivity contribution is 5.95. The maximum absolute atomic E-state index is 13.8. The number of H-pyrrole nitrogens is 1. The van der Waals surface area contributed by atoms with Crippen molar-refractivity contribution in [3.8, 4) is 22.6 Å². The molecule has 55 heavy (non-hydrogen) atoms. The molecule has 3 aromatic heterocycles. The molecule has 3 N–H and O–H groups in total. The van der Waals surface area contributed by atoms with Gasteiger partial charge in [-0.15, -0.1) is 0 Å². The van der Waals surface area contributed by atoms with Gasteiger partial charge in [0.25, 0.3) is 12.4 Å². The molecule has 3 unspecified atom stereocenters. The molecule has 3 amide bonds. The fourth-order valence-electron chi connectivity index (χ4n) is 7.48. The van der Waals surface area contributed by atoms with E-state index in [1.54, 1.807) is 25.4 Å². The van der Waals surface area contributed by atoms with E-state index in [9.17, 15) is 19.2 Å². The van der Waals surface area contributed by atoms with Crippen molar-refractivity contribution in [2.24, 2.45) is 11.3 Å². The van der Waals surface area contributed by atoms with Crippen LogP contribution in [-0.2, 0) is 48.0 Å². The lowest BCUT2D eigenvalue weighted by molar-refractivity contribution is -0.142. The van der Waals surface area contributed by atoms with Crippen LogP contribution in [0.25, 0.3) is 33.5 Å². The molecule has 0 bridgehead atoms. The predicted octanol–water partition coefficient (Wildman–Crippen LogP) is 4.22. The van der Waals surface area contributed by atoms with E-state index in [0.717, 1.165) is 51.8 Å². The molecular weight excluding hydrogens is 702 g/mol. The Morgan fingerprint density at radius 1 is 1.15 bits per heavy atom. The van der Waals surface area contributed by atoms with E-state index in [0.29, 0.717) is 50.6 Å². The summed E-state index contributed by atoms with van der Waals surface area (Å²) >= 11 is 0. The fourth-order valence-corrected chi connectivity index (χ4v) is 7.48. The smallest absolute Gasteiger partial charge is 0.293 e. The number of hydrazine groups is 1. The summed E-state index contributed by atoms with van der Waals surface area (Å²) in [5, 5.41) is 13.0. The minimum absolute atomic E-state index is 0.0572. The minimum Gasteiger partial charge on any atom is -0.467 e. The van der Waals surface area contributed by atoms with Crippen LogP contribution in [0.1, 0.15) is 77.6 Å². The van der Waals surface area contributed by atoms with Crippen LogP contribution in [0.3, 0.4) is 0 Å². The number of fused-ring (bicyclic) bond motifs is 1. The van der Waals surface area contributed by atoms with E-state index in [4.69, 9.17) is 19.4 Å². The molecule has 15 heteroatoms. The highest BCUT2D eigenvalue weighted by atomic mass is 16.5. The number of carbonyl (C=O) groups excluding carboxylic acids is 4. The Morgan fingerprint density at radius 3 is 2.58 bits per heavy atom. The molecule has 3 atom stereocenters. The zero-order valence-electron chi connectivity index (χ0n) is 33.2. The quantitative estimate of drug-likeness (QED) is 0.125. The summed E-state index contributed by atoms with van der Waals surface area (Å²) in [6.45, 7) is 14.5. The van der Waals surface area contributed by atoms with Crippen molar-refractivity contribution in [2.45, 2.75) is 92.0 Å². The molecule has 1 aliphatic rings. The number of aromatic nitrogens is 5. The number of rotatable bonds is 18. The zero-order chi connectivity index (χ0) is 39.9. The van der Waals surface area contributed by atoms with Gasteiger partial charge in [-0.2, -0.15) is 5.10 Å². The third kappa shape index (κ3) is 9.22.